The first kappa shape index (κ1) is 23.7. The third kappa shape index (κ3) is 6.26. The molecule has 2 N–H and O–H groups in total. The lowest BCUT2D eigenvalue weighted by Gasteiger charge is -2.35. The minimum absolute atomic E-state index is 0.00181. The van der Waals surface area contributed by atoms with Gasteiger partial charge in [-0.15, -0.1) is 0 Å². The highest BCUT2D eigenvalue weighted by molar-refractivity contribution is 5.94. The Bertz CT molecular complexity index is 922. The van der Waals surface area contributed by atoms with Crippen LogP contribution in [0.15, 0.2) is 42.5 Å². The highest BCUT2D eigenvalue weighted by Crippen LogP contribution is 2.16. The molecular formula is C24H29F2N3O3. The third-order valence-corrected chi connectivity index (χ3v) is 5.31. The number of carbonyl (C=O) groups is 2. The number of nitrogens with one attached hydrogen (secondary N) is 2. The van der Waals surface area contributed by atoms with Gasteiger partial charge in [0.1, 0.15) is 11.6 Å². The maximum absolute atomic E-state index is 13.8. The predicted octanol–water partition coefficient (Wildman–Crippen LogP) is 3.64. The van der Waals surface area contributed by atoms with E-state index in [9.17, 15) is 18.4 Å². The van der Waals surface area contributed by atoms with Crippen LogP contribution in [0.2, 0.25) is 0 Å². The van der Waals surface area contributed by atoms with Crippen LogP contribution in [0, 0.1) is 11.6 Å². The molecule has 8 heteroatoms. The first-order valence-electron chi connectivity index (χ1n) is 10.7. The number of hydrogen-bond donors (Lipinski definition) is 2. The molecule has 3 amide bonds. The van der Waals surface area contributed by atoms with Gasteiger partial charge in [-0.2, -0.15) is 0 Å². The summed E-state index contributed by atoms with van der Waals surface area (Å²) in [6.45, 7) is 6.95. The Morgan fingerprint density at radius 2 is 1.66 bits per heavy atom. The van der Waals surface area contributed by atoms with Crippen molar-refractivity contribution in [2.24, 2.45) is 0 Å². The molecule has 1 aliphatic rings. The van der Waals surface area contributed by atoms with Crippen LogP contribution in [-0.2, 0) is 17.7 Å². The summed E-state index contributed by atoms with van der Waals surface area (Å²) in [5.74, 6) is -1.30. The minimum Gasteiger partial charge on any atom is -0.372 e. The lowest BCUT2D eigenvalue weighted by molar-refractivity contribution is -0.0586. The normalized spacial score (nSPS) is 19.3. The van der Waals surface area contributed by atoms with Gasteiger partial charge in [-0.3, -0.25) is 4.79 Å². The number of carbonyl (C=O) groups excluding carboxylic acids is 2. The number of ether oxygens (including phenoxy) is 1. The van der Waals surface area contributed by atoms with Crippen molar-refractivity contribution in [2.45, 2.75) is 52.0 Å². The summed E-state index contributed by atoms with van der Waals surface area (Å²) in [4.78, 5) is 26.7. The van der Waals surface area contributed by atoms with Crippen LogP contribution in [-0.4, -0.2) is 48.2 Å². The second kappa shape index (κ2) is 10.5. The maximum Gasteiger partial charge on any atom is 0.315 e. The molecule has 0 spiro atoms. The van der Waals surface area contributed by atoms with Gasteiger partial charge in [-0.1, -0.05) is 18.2 Å². The zero-order chi connectivity index (χ0) is 23.3. The largest absolute Gasteiger partial charge is 0.372 e. The highest BCUT2D eigenvalue weighted by Gasteiger charge is 2.26. The van der Waals surface area contributed by atoms with E-state index in [1.165, 1.54) is 18.2 Å². The van der Waals surface area contributed by atoms with Gasteiger partial charge in [0, 0.05) is 36.8 Å². The highest BCUT2D eigenvalue weighted by atomic mass is 19.1. The van der Waals surface area contributed by atoms with E-state index in [2.05, 4.69) is 10.6 Å². The first-order chi connectivity index (χ1) is 15.2. The Morgan fingerprint density at radius 3 is 2.25 bits per heavy atom. The fourth-order valence-corrected chi connectivity index (χ4v) is 3.83. The van der Waals surface area contributed by atoms with Crippen molar-refractivity contribution < 1.29 is 23.1 Å². The molecule has 32 heavy (non-hydrogen) atoms. The fraction of sp³-hybridized carbons (Fsp3) is 0.417. The molecule has 3 atom stereocenters. The maximum atomic E-state index is 13.8. The van der Waals surface area contributed by atoms with Crippen LogP contribution in [0.5, 0.6) is 0 Å². The monoisotopic (exact) mass is 445 g/mol. The van der Waals surface area contributed by atoms with Gasteiger partial charge in [0.2, 0.25) is 0 Å². The zero-order valence-corrected chi connectivity index (χ0v) is 18.5. The lowest BCUT2D eigenvalue weighted by Crippen LogP contribution is -2.48. The Hall–Kier alpha value is -3.00. The molecule has 1 aliphatic heterocycles. The van der Waals surface area contributed by atoms with Crippen molar-refractivity contribution in [2.75, 3.05) is 13.1 Å². The van der Waals surface area contributed by atoms with Crippen molar-refractivity contribution in [3.05, 3.63) is 70.8 Å². The van der Waals surface area contributed by atoms with Crippen LogP contribution in [0.25, 0.3) is 0 Å². The van der Waals surface area contributed by atoms with E-state index in [-0.39, 0.29) is 36.6 Å². The lowest BCUT2D eigenvalue weighted by atomic mass is 10.1. The predicted molar refractivity (Wildman–Crippen MR) is 117 cm³/mol. The molecule has 1 heterocycles. The number of rotatable bonds is 6. The second-order valence-electron chi connectivity index (χ2n) is 8.30. The van der Waals surface area contributed by atoms with Crippen LogP contribution in [0.3, 0.4) is 0 Å². The molecule has 3 unspecified atom stereocenters. The number of nitrogens with zero attached hydrogens (tertiary/aromatic N) is 1. The molecule has 1 fully saturated rings. The number of halogens is 2. The number of amides is 3. The third-order valence-electron chi connectivity index (χ3n) is 5.31. The van der Waals surface area contributed by atoms with E-state index in [0.29, 0.717) is 18.7 Å². The summed E-state index contributed by atoms with van der Waals surface area (Å²) in [7, 11) is 0. The number of urea groups is 1. The molecule has 0 aromatic heterocycles. The van der Waals surface area contributed by atoms with Crippen LogP contribution in [0.1, 0.15) is 42.3 Å². The van der Waals surface area contributed by atoms with Crippen LogP contribution in [0.4, 0.5) is 13.6 Å². The summed E-state index contributed by atoms with van der Waals surface area (Å²) < 4.78 is 33.2. The van der Waals surface area contributed by atoms with Gasteiger partial charge in [0.05, 0.1) is 12.2 Å². The smallest absolute Gasteiger partial charge is 0.315 e. The Kier molecular flexibility index (Phi) is 7.80. The van der Waals surface area contributed by atoms with Gasteiger partial charge in [0.25, 0.3) is 5.91 Å². The topological polar surface area (TPSA) is 70.7 Å². The van der Waals surface area contributed by atoms with Crippen molar-refractivity contribution in [3.8, 4) is 0 Å². The molecule has 0 radical (unpaired) electrons. The zero-order valence-electron chi connectivity index (χ0n) is 18.5. The molecule has 0 aliphatic carbocycles. The average molecular weight is 446 g/mol. The molecule has 0 saturated carbocycles. The molecule has 2 aromatic carbocycles. The summed E-state index contributed by atoms with van der Waals surface area (Å²) in [5.41, 5.74) is 1.36. The molecule has 172 valence electrons. The summed E-state index contributed by atoms with van der Waals surface area (Å²) >= 11 is 0. The quantitative estimate of drug-likeness (QED) is 0.713. The van der Waals surface area contributed by atoms with E-state index in [4.69, 9.17) is 4.74 Å². The summed E-state index contributed by atoms with van der Waals surface area (Å²) in [6, 6.07) is 9.86. The Morgan fingerprint density at radius 1 is 1.06 bits per heavy atom. The molecule has 3 rings (SSSR count). The summed E-state index contributed by atoms with van der Waals surface area (Å²) in [6.07, 6.45) is 0.0468. The molecule has 6 nitrogen and oxygen atoms in total. The number of morpholine rings is 1. The van der Waals surface area contributed by atoms with Crippen LogP contribution >= 0.6 is 0 Å². The average Bonchev–Trinajstić information content (AvgIpc) is 2.74. The number of benzene rings is 2. The van der Waals surface area contributed by atoms with Crippen molar-refractivity contribution >= 4 is 11.9 Å². The van der Waals surface area contributed by atoms with Gasteiger partial charge < -0.3 is 20.3 Å². The fourth-order valence-electron chi connectivity index (χ4n) is 3.83. The van der Waals surface area contributed by atoms with E-state index < -0.39 is 23.7 Å². The Balaban J connectivity index is 1.48. The molecule has 0 bridgehead atoms. The number of hydrogen-bond acceptors (Lipinski definition) is 3. The van der Waals surface area contributed by atoms with E-state index in [1.807, 2.05) is 13.8 Å². The minimum atomic E-state index is -0.630. The molecule has 2 aromatic rings. The van der Waals surface area contributed by atoms with Crippen molar-refractivity contribution in [3.63, 3.8) is 0 Å². The van der Waals surface area contributed by atoms with Crippen molar-refractivity contribution in [1.29, 1.82) is 0 Å². The van der Waals surface area contributed by atoms with E-state index >= 15 is 0 Å². The first-order valence-corrected chi connectivity index (χ1v) is 10.7. The molecular weight excluding hydrogens is 416 g/mol. The standard InChI is InChI=1S/C24H29F2N3O3/c1-15(11-20-21(25)5-4-6-22(20)26)28-24(31)27-12-18-7-9-19(10-8-18)23(30)29-13-16(2)32-17(3)14-29/h4-10,15-17H,11-14H2,1-3H3,(H2,27,28,31). The second-order valence-corrected chi connectivity index (χ2v) is 8.30. The van der Waals surface area contributed by atoms with Gasteiger partial charge in [0.15, 0.2) is 0 Å². The molecule has 1 saturated heterocycles. The van der Waals surface area contributed by atoms with E-state index in [1.54, 1.807) is 36.1 Å². The SMILES string of the molecule is CC(Cc1c(F)cccc1F)NC(=O)NCc1ccc(C(=O)N2CC(C)OC(C)C2)cc1. The summed E-state index contributed by atoms with van der Waals surface area (Å²) in [5, 5.41) is 5.40. The van der Waals surface area contributed by atoms with Gasteiger partial charge in [-0.05, 0) is 57.0 Å². The Labute approximate surface area is 186 Å². The van der Waals surface area contributed by atoms with Crippen molar-refractivity contribution in [1.82, 2.24) is 15.5 Å². The van der Waals surface area contributed by atoms with Crippen LogP contribution < -0.4 is 10.6 Å². The van der Waals surface area contributed by atoms with Gasteiger partial charge in [-0.25, -0.2) is 13.6 Å². The van der Waals surface area contributed by atoms with Gasteiger partial charge >= 0.3 is 6.03 Å². The van der Waals surface area contributed by atoms with E-state index in [0.717, 1.165) is 5.56 Å².